The van der Waals surface area contributed by atoms with Gasteiger partial charge in [-0.15, -0.1) is 11.3 Å². The number of halogens is 3. The molecule has 4 rings (SSSR count). The predicted molar refractivity (Wildman–Crippen MR) is 129 cm³/mol. The minimum Gasteiger partial charge on any atom is -0.302 e. The van der Waals surface area contributed by atoms with Crippen LogP contribution in [0.5, 0.6) is 0 Å². The molecule has 0 spiro atoms. The second-order valence-corrected chi connectivity index (χ2v) is 11.4. The van der Waals surface area contributed by atoms with Gasteiger partial charge in [0.1, 0.15) is 0 Å². The monoisotopic (exact) mass is 529 g/mol. The van der Waals surface area contributed by atoms with Crippen LogP contribution in [0.25, 0.3) is 11.3 Å². The molecule has 1 aliphatic heterocycles. The first-order chi connectivity index (χ1) is 15.2. The molecule has 1 atom stereocenters. The van der Waals surface area contributed by atoms with E-state index in [1.54, 1.807) is 23.6 Å². The van der Waals surface area contributed by atoms with Crippen LogP contribution in [0.3, 0.4) is 0 Å². The topological polar surface area (TPSA) is 79.4 Å². The lowest BCUT2D eigenvalue weighted by atomic mass is 9.99. The Hall–Kier alpha value is -1.68. The van der Waals surface area contributed by atoms with Crippen LogP contribution in [-0.2, 0) is 14.8 Å². The van der Waals surface area contributed by atoms with Crippen LogP contribution in [0.1, 0.15) is 12.8 Å². The minimum atomic E-state index is -3.70. The fourth-order valence-electron chi connectivity index (χ4n) is 3.49. The van der Waals surface area contributed by atoms with Crippen molar-refractivity contribution in [1.29, 1.82) is 0 Å². The fraction of sp³-hybridized carbons (Fsp3) is 0.238. The molecule has 1 aliphatic rings. The Morgan fingerprint density at radius 2 is 1.81 bits per heavy atom. The highest BCUT2D eigenvalue weighted by Gasteiger charge is 2.33. The van der Waals surface area contributed by atoms with Crippen molar-refractivity contribution in [2.45, 2.75) is 17.7 Å². The minimum absolute atomic E-state index is 0.109. The molecule has 1 saturated heterocycles. The van der Waals surface area contributed by atoms with Gasteiger partial charge in [-0.1, -0.05) is 34.8 Å². The molecule has 2 heterocycles. The Morgan fingerprint density at radius 1 is 1.09 bits per heavy atom. The van der Waals surface area contributed by atoms with E-state index in [9.17, 15) is 13.2 Å². The quantitative estimate of drug-likeness (QED) is 0.451. The molecule has 1 aromatic heterocycles. The van der Waals surface area contributed by atoms with Crippen LogP contribution in [0.4, 0.5) is 5.13 Å². The molecule has 0 bridgehead atoms. The van der Waals surface area contributed by atoms with E-state index >= 15 is 0 Å². The van der Waals surface area contributed by atoms with Gasteiger partial charge in [-0.05, 0) is 55.3 Å². The fourth-order valence-corrected chi connectivity index (χ4v) is 6.36. The van der Waals surface area contributed by atoms with Crippen molar-refractivity contribution < 1.29 is 13.2 Å². The number of thiazole rings is 1. The second-order valence-electron chi connectivity index (χ2n) is 7.31. The molecule has 1 N–H and O–H groups in total. The molecule has 0 saturated carbocycles. The molecule has 3 aromatic rings. The number of anilines is 1. The summed E-state index contributed by atoms with van der Waals surface area (Å²) in [7, 11) is -3.70. The zero-order chi connectivity index (χ0) is 22.9. The number of hydrogen-bond donors (Lipinski definition) is 1. The summed E-state index contributed by atoms with van der Waals surface area (Å²) in [6.07, 6.45) is 1.19. The van der Waals surface area contributed by atoms with E-state index in [0.29, 0.717) is 50.8 Å². The average molecular weight is 531 g/mol. The Labute approximate surface area is 205 Å². The summed E-state index contributed by atoms with van der Waals surface area (Å²) in [5.74, 6) is -0.735. The van der Waals surface area contributed by atoms with Crippen LogP contribution in [0.2, 0.25) is 15.1 Å². The SMILES string of the molecule is O=C(Nc1nc(-c2ccc(Cl)cc2Cl)cs1)C1CCCN(S(=O)(=O)c2ccc(Cl)cc2)C1. The van der Waals surface area contributed by atoms with Crippen LogP contribution >= 0.6 is 46.1 Å². The van der Waals surface area contributed by atoms with E-state index in [2.05, 4.69) is 10.3 Å². The third-order valence-corrected chi connectivity index (χ3v) is 8.58. The van der Waals surface area contributed by atoms with Crippen LogP contribution in [-0.4, -0.2) is 36.7 Å². The summed E-state index contributed by atoms with van der Waals surface area (Å²) in [5.41, 5.74) is 1.34. The largest absolute Gasteiger partial charge is 0.302 e. The highest BCUT2D eigenvalue weighted by atomic mass is 35.5. The van der Waals surface area contributed by atoms with Crippen molar-refractivity contribution >= 4 is 67.2 Å². The molecule has 1 amide bonds. The van der Waals surface area contributed by atoms with Crippen molar-refractivity contribution in [3.8, 4) is 11.3 Å². The summed E-state index contributed by atoms with van der Waals surface area (Å²) in [6.45, 7) is 0.475. The number of rotatable bonds is 5. The highest BCUT2D eigenvalue weighted by molar-refractivity contribution is 7.89. The number of benzene rings is 2. The number of carbonyl (C=O) groups excluding carboxylic acids is 1. The number of nitrogens with zero attached hydrogens (tertiary/aromatic N) is 2. The van der Waals surface area contributed by atoms with Crippen LogP contribution in [0, 0.1) is 5.92 Å². The molecule has 32 heavy (non-hydrogen) atoms. The molecule has 1 unspecified atom stereocenters. The van der Waals surface area contributed by atoms with E-state index in [0.717, 1.165) is 0 Å². The maximum Gasteiger partial charge on any atom is 0.243 e. The van der Waals surface area contributed by atoms with Gasteiger partial charge in [0.2, 0.25) is 15.9 Å². The van der Waals surface area contributed by atoms with Gasteiger partial charge in [0.15, 0.2) is 5.13 Å². The Morgan fingerprint density at radius 3 is 2.53 bits per heavy atom. The number of nitrogens with one attached hydrogen (secondary N) is 1. The van der Waals surface area contributed by atoms with Crippen LogP contribution in [0.15, 0.2) is 52.7 Å². The number of aromatic nitrogens is 1. The third kappa shape index (κ3) is 5.11. The van der Waals surface area contributed by atoms with Gasteiger partial charge in [-0.25, -0.2) is 13.4 Å². The van der Waals surface area contributed by atoms with Gasteiger partial charge in [0.05, 0.1) is 21.5 Å². The first-order valence-corrected chi connectivity index (χ1v) is 13.2. The van der Waals surface area contributed by atoms with E-state index in [1.165, 1.54) is 39.9 Å². The molecule has 6 nitrogen and oxygen atoms in total. The lowest BCUT2D eigenvalue weighted by Crippen LogP contribution is -2.43. The first-order valence-electron chi connectivity index (χ1n) is 9.71. The zero-order valence-electron chi connectivity index (χ0n) is 16.6. The standard InChI is InChI=1S/C21H18Cl3N3O3S2/c22-14-3-6-16(7-4-14)32(29,30)27-9-1-2-13(11-27)20(28)26-21-25-19(12-31-21)17-8-5-15(23)10-18(17)24/h3-8,10,12-13H,1-2,9,11H2,(H,25,26,28). The number of piperidine rings is 1. The third-order valence-electron chi connectivity index (χ3n) is 5.15. The van der Waals surface area contributed by atoms with Gasteiger partial charge in [0.25, 0.3) is 0 Å². The lowest BCUT2D eigenvalue weighted by molar-refractivity contribution is -0.120. The lowest BCUT2D eigenvalue weighted by Gasteiger charge is -2.31. The van der Waals surface area contributed by atoms with E-state index in [-0.39, 0.29) is 17.3 Å². The van der Waals surface area contributed by atoms with Gasteiger partial charge in [0, 0.05) is 34.1 Å². The zero-order valence-corrected chi connectivity index (χ0v) is 20.5. The Bertz CT molecular complexity index is 1250. The van der Waals surface area contributed by atoms with Gasteiger partial charge in [-0.2, -0.15) is 4.31 Å². The van der Waals surface area contributed by atoms with Crippen LogP contribution < -0.4 is 5.32 Å². The van der Waals surface area contributed by atoms with Crippen molar-refractivity contribution in [2.24, 2.45) is 5.92 Å². The van der Waals surface area contributed by atoms with Gasteiger partial charge >= 0.3 is 0 Å². The van der Waals surface area contributed by atoms with E-state index in [1.807, 2.05) is 0 Å². The smallest absolute Gasteiger partial charge is 0.243 e. The molecule has 0 radical (unpaired) electrons. The van der Waals surface area contributed by atoms with Crippen molar-refractivity contribution in [3.63, 3.8) is 0 Å². The van der Waals surface area contributed by atoms with E-state index < -0.39 is 15.9 Å². The summed E-state index contributed by atoms with van der Waals surface area (Å²) >= 11 is 19.3. The van der Waals surface area contributed by atoms with Crippen molar-refractivity contribution in [1.82, 2.24) is 9.29 Å². The Balaban J connectivity index is 1.45. The number of carbonyl (C=O) groups is 1. The van der Waals surface area contributed by atoms with Crippen molar-refractivity contribution in [3.05, 3.63) is 62.9 Å². The molecular weight excluding hydrogens is 513 g/mol. The number of hydrogen-bond acceptors (Lipinski definition) is 5. The predicted octanol–water partition coefficient (Wildman–Crippen LogP) is 5.81. The number of sulfonamides is 1. The number of amides is 1. The summed E-state index contributed by atoms with van der Waals surface area (Å²) in [4.78, 5) is 17.5. The Kier molecular flexibility index (Phi) is 7.09. The molecular formula is C21H18Cl3N3O3S2. The molecule has 11 heteroatoms. The normalized spacial score (nSPS) is 17.3. The van der Waals surface area contributed by atoms with Gasteiger partial charge in [-0.3, -0.25) is 4.79 Å². The summed E-state index contributed by atoms with van der Waals surface area (Å²) < 4.78 is 27.3. The summed E-state index contributed by atoms with van der Waals surface area (Å²) in [6, 6.07) is 11.1. The molecule has 0 aliphatic carbocycles. The van der Waals surface area contributed by atoms with Crippen molar-refractivity contribution in [2.75, 3.05) is 18.4 Å². The molecule has 2 aromatic carbocycles. The maximum absolute atomic E-state index is 13.0. The molecule has 1 fully saturated rings. The highest BCUT2D eigenvalue weighted by Crippen LogP contribution is 2.33. The maximum atomic E-state index is 13.0. The first kappa shape index (κ1) is 23.5. The second kappa shape index (κ2) is 9.67. The van der Waals surface area contributed by atoms with E-state index in [4.69, 9.17) is 34.8 Å². The van der Waals surface area contributed by atoms with Gasteiger partial charge < -0.3 is 5.32 Å². The summed E-state index contributed by atoms with van der Waals surface area (Å²) in [5, 5.41) is 6.49. The molecule has 168 valence electrons. The average Bonchev–Trinajstić information content (AvgIpc) is 3.22.